The second kappa shape index (κ2) is 8.07. The summed E-state index contributed by atoms with van der Waals surface area (Å²) in [5.41, 5.74) is 1.29. The molecule has 26 heavy (non-hydrogen) atoms. The highest BCUT2D eigenvalue weighted by Crippen LogP contribution is 2.26. The first-order valence-electron chi connectivity index (χ1n) is 8.16. The molecule has 0 saturated carbocycles. The van der Waals surface area contributed by atoms with Crippen LogP contribution in [-0.2, 0) is 23.0 Å². The number of aromatic nitrogens is 1. The van der Waals surface area contributed by atoms with Crippen LogP contribution in [0, 0.1) is 12.7 Å². The highest BCUT2D eigenvalue weighted by Gasteiger charge is 2.26. The van der Waals surface area contributed by atoms with E-state index in [0.29, 0.717) is 16.2 Å². The summed E-state index contributed by atoms with van der Waals surface area (Å²) in [5.74, 6) is -0.321. The van der Waals surface area contributed by atoms with Gasteiger partial charge in [0.25, 0.3) is 10.0 Å². The quantitative estimate of drug-likeness (QED) is 0.612. The first-order valence-corrected chi connectivity index (χ1v) is 10.4. The van der Waals surface area contributed by atoms with Gasteiger partial charge in [0.15, 0.2) is 0 Å². The molecule has 0 saturated heterocycles. The Morgan fingerprint density at radius 2 is 1.92 bits per heavy atom. The molecule has 1 aromatic carbocycles. The Kier molecular flexibility index (Phi) is 5.80. The molecule has 0 spiro atoms. The van der Waals surface area contributed by atoms with Crippen molar-refractivity contribution in [3.63, 3.8) is 0 Å². The second-order valence-electron chi connectivity index (χ2n) is 5.91. The van der Waals surface area contributed by atoms with Gasteiger partial charge in [-0.3, -0.25) is 4.98 Å². The van der Waals surface area contributed by atoms with Crippen molar-refractivity contribution in [3.8, 4) is 0 Å². The minimum atomic E-state index is -3.66. The number of aryl methyl sites for hydroxylation is 1. The van der Waals surface area contributed by atoms with Crippen molar-refractivity contribution in [2.75, 3.05) is 6.54 Å². The normalized spacial score (nSPS) is 11.8. The lowest BCUT2D eigenvalue weighted by molar-refractivity contribution is 0.407. The molecule has 3 aromatic rings. The van der Waals surface area contributed by atoms with Gasteiger partial charge in [-0.1, -0.05) is 24.3 Å². The van der Waals surface area contributed by atoms with Crippen LogP contribution in [0.15, 0.2) is 65.1 Å². The molecule has 0 bridgehead atoms. The lowest BCUT2D eigenvalue weighted by atomic mass is 10.1. The Morgan fingerprint density at radius 1 is 1.12 bits per heavy atom. The maximum absolute atomic E-state index is 13.9. The van der Waals surface area contributed by atoms with E-state index in [4.69, 9.17) is 0 Å². The Hall–Kier alpha value is -2.09. The molecular weight excluding hydrogens is 371 g/mol. The van der Waals surface area contributed by atoms with Crippen molar-refractivity contribution in [2.45, 2.75) is 24.1 Å². The predicted octanol–water partition coefficient (Wildman–Crippen LogP) is 4.02. The molecular formula is C19H19FN2O2S2. The Balaban J connectivity index is 1.87. The summed E-state index contributed by atoms with van der Waals surface area (Å²) < 4.78 is 41.8. The molecule has 0 aliphatic carbocycles. The van der Waals surface area contributed by atoms with Gasteiger partial charge >= 0.3 is 0 Å². The fraction of sp³-hybridized carbons (Fsp3) is 0.211. The van der Waals surface area contributed by atoms with Crippen LogP contribution in [0.3, 0.4) is 0 Å². The van der Waals surface area contributed by atoms with E-state index in [1.54, 1.807) is 48.8 Å². The van der Waals surface area contributed by atoms with Crippen molar-refractivity contribution >= 4 is 21.4 Å². The number of pyridine rings is 1. The van der Waals surface area contributed by atoms with Crippen molar-refractivity contribution < 1.29 is 12.8 Å². The van der Waals surface area contributed by atoms with Crippen LogP contribution in [0.2, 0.25) is 0 Å². The summed E-state index contributed by atoms with van der Waals surface area (Å²) in [7, 11) is -3.66. The molecule has 0 aliphatic heterocycles. The van der Waals surface area contributed by atoms with Gasteiger partial charge in [0, 0.05) is 30.4 Å². The number of sulfonamides is 1. The molecule has 136 valence electrons. The molecule has 0 atom stereocenters. The summed E-state index contributed by atoms with van der Waals surface area (Å²) in [6, 6.07) is 13.5. The molecule has 0 unspecified atom stereocenters. The van der Waals surface area contributed by atoms with Gasteiger partial charge in [-0.05, 0) is 48.7 Å². The first kappa shape index (κ1) is 18.7. The molecule has 0 aliphatic rings. The maximum Gasteiger partial charge on any atom is 0.252 e. The van der Waals surface area contributed by atoms with Crippen molar-refractivity contribution in [3.05, 3.63) is 82.7 Å². The number of halogens is 1. The van der Waals surface area contributed by atoms with Crippen LogP contribution in [0.25, 0.3) is 0 Å². The van der Waals surface area contributed by atoms with E-state index in [0.717, 1.165) is 10.4 Å². The average Bonchev–Trinajstić information content (AvgIpc) is 3.08. The third-order valence-corrected chi connectivity index (χ3v) is 7.29. The summed E-state index contributed by atoms with van der Waals surface area (Å²) >= 11 is 1.24. The van der Waals surface area contributed by atoms with Crippen LogP contribution >= 0.6 is 11.3 Å². The summed E-state index contributed by atoms with van der Waals surface area (Å²) in [5, 5.41) is 0. The number of rotatable bonds is 7. The summed E-state index contributed by atoms with van der Waals surface area (Å²) in [6.07, 6.45) is 3.59. The van der Waals surface area contributed by atoms with Crippen molar-refractivity contribution in [1.82, 2.24) is 9.29 Å². The van der Waals surface area contributed by atoms with E-state index in [1.807, 2.05) is 13.0 Å². The highest BCUT2D eigenvalue weighted by molar-refractivity contribution is 7.91. The van der Waals surface area contributed by atoms with Gasteiger partial charge in [-0.2, -0.15) is 4.31 Å². The lowest BCUT2D eigenvalue weighted by Gasteiger charge is -2.21. The number of nitrogens with zero attached hydrogens (tertiary/aromatic N) is 2. The monoisotopic (exact) mass is 390 g/mol. The highest BCUT2D eigenvalue weighted by atomic mass is 32.2. The van der Waals surface area contributed by atoms with Gasteiger partial charge in [0.2, 0.25) is 0 Å². The van der Waals surface area contributed by atoms with E-state index >= 15 is 0 Å². The zero-order valence-electron chi connectivity index (χ0n) is 14.3. The number of benzene rings is 1. The smallest absolute Gasteiger partial charge is 0.252 e. The SMILES string of the molecule is Cc1ccc(S(=O)(=O)N(CCc2ccccc2F)Cc2cccnc2)s1. The molecule has 2 heterocycles. The maximum atomic E-state index is 13.9. The first-order chi connectivity index (χ1) is 12.5. The fourth-order valence-electron chi connectivity index (χ4n) is 2.60. The molecule has 2 aromatic heterocycles. The standard InChI is InChI=1S/C19H19FN2O2S2/c1-15-8-9-19(25-15)26(23,24)22(14-16-5-4-11-21-13-16)12-10-17-6-2-3-7-18(17)20/h2-9,11,13H,10,12,14H2,1H3. The van der Waals surface area contributed by atoms with Gasteiger partial charge in [-0.15, -0.1) is 11.3 Å². The van der Waals surface area contributed by atoms with Crippen molar-refractivity contribution in [2.24, 2.45) is 0 Å². The number of hydrogen-bond donors (Lipinski definition) is 0. The third-order valence-electron chi connectivity index (χ3n) is 3.98. The minimum Gasteiger partial charge on any atom is -0.264 e. The molecule has 4 nitrogen and oxygen atoms in total. The van der Waals surface area contributed by atoms with E-state index in [9.17, 15) is 12.8 Å². The molecule has 3 rings (SSSR count). The number of thiophene rings is 1. The Bertz CT molecular complexity index is 972. The van der Waals surface area contributed by atoms with E-state index in [1.165, 1.54) is 21.7 Å². The lowest BCUT2D eigenvalue weighted by Crippen LogP contribution is -2.32. The molecule has 0 amide bonds. The van der Waals surface area contributed by atoms with Crippen LogP contribution in [0.5, 0.6) is 0 Å². The molecule has 0 fully saturated rings. The topological polar surface area (TPSA) is 50.3 Å². The van der Waals surface area contributed by atoms with Gasteiger partial charge in [0.1, 0.15) is 10.0 Å². The van der Waals surface area contributed by atoms with Gasteiger partial charge < -0.3 is 0 Å². The zero-order valence-corrected chi connectivity index (χ0v) is 15.9. The van der Waals surface area contributed by atoms with E-state index < -0.39 is 10.0 Å². The van der Waals surface area contributed by atoms with Crippen LogP contribution in [0.4, 0.5) is 4.39 Å². The minimum absolute atomic E-state index is 0.190. The zero-order chi connectivity index (χ0) is 18.6. The third kappa shape index (κ3) is 4.35. The van der Waals surface area contributed by atoms with E-state index in [2.05, 4.69) is 4.98 Å². The largest absolute Gasteiger partial charge is 0.264 e. The second-order valence-corrected chi connectivity index (χ2v) is 9.36. The fourth-order valence-corrected chi connectivity index (χ4v) is 5.47. The predicted molar refractivity (Wildman–Crippen MR) is 101 cm³/mol. The van der Waals surface area contributed by atoms with Crippen LogP contribution < -0.4 is 0 Å². The summed E-state index contributed by atoms with van der Waals surface area (Å²) in [4.78, 5) is 4.98. The number of hydrogen-bond acceptors (Lipinski definition) is 4. The molecule has 0 radical (unpaired) electrons. The van der Waals surface area contributed by atoms with E-state index in [-0.39, 0.29) is 18.9 Å². The Labute approximate surface area is 157 Å². The van der Waals surface area contributed by atoms with Gasteiger partial charge in [-0.25, -0.2) is 12.8 Å². The average molecular weight is 391 g/mol. The molecule has 7 heteroatoms. The van der Waals surface area contributed by atoms with Gasteiger partial charge in [0.05, 0.1) is 0 Å². The molecule has 0 N–H and O–H groups in total. The summed E-state index contributed by atoms with van der Waals surface area (Å²) in [6.45, 7) is 2.26. The Morgan fingerprint density at radius 3 is 2.58 bits per heavy atom. The van der Waals surface area contributed by atoms with Crippen molar-refractivity contribution in [1.29, 1.82) is 0 Å². The van der Waals surface area contributed by atoms with Crippen LogP contribution in [-0.4, -0.2) is 24.3 Å². The van der Waals surface area contributed by atoms with Crippen LogP contribution in [0.1, 0.15) is 16.0 Å².